The first-order valence-electron chi connectivity index (χ1n) is 5.81. The zero-order valence-electron chi connectivity index (χ0n) is 10.9. The lowest BCUT2D eigenvalue weighted by atomic mass is 10.1. The van der Waals surface area contributed by atoms with Gasteiger partial charge < -0.3 is 0 Å². The SMILES string of the molecule is Cc1nn(Cc2cc(C#N)ccc2F)c(C)c1[N+](=O)[O-]. The Balaban J connectivity index is 2.43. The van der Waals surface area contributed by atoms with E-state index in [9.17, 15) is 14.5 Å². The Morgan fingerprint density at radius 2 is 2.20 bits per heavy atom. The van der Waals surface area contributed by atoms with E-state index in [0.29, 0.717) is 11.3 Å². The normalized spacial score (nSPS) is 10.3. The monoisotopic (exact) mass is 274 g/mol. The van der Waals surface area contributed by atoms with E-state index in [0.717, 1.165) is 0 Å². The molecular weight excluding hydrogens is 263 g/mol. The molecule has 0 unspecified atom stereocenters. The van der Waals surface area contributed by atoms with Crippen molar-refractivity contribution in [1.82, 2.24) is 9.78 Å². The minimum atomic E-state index is -0.504. The lowest BCUT2D eigenvalue weighted by Gasteiger charge is -2.05. The van der Waals surface area contributed by atoms with E-state index in [1.807, 2.05) is 6.07 Å². The van der Waals surface area contributed by atoms with Crippen molar-refractivity contribution in [3.05, 3.63) is 56.6 Å². The van der Waals surface area contributed by atoms with Gasteiger partial charge in [0, 0.05) is 5.56 Å². The molecule has 0 spiro atoms. The van der Waals surface area contributed by atoms with Crippen LogP contribution in [0.5, 0.6) is 0 Å². The highest BCUT2D eigenvalue weighted by atomic mass is 19.1. The lowest BCUT2D eigenvalue weighted by Crippen LogP contribution is -2.06. The number of halogens is 1. The van der Waals surface area contributed by atoms with Crippen LogP contribution >= 0.6 is 0 Å². The summed E-state index contributed by atoms with van der Waals surface area (Å²) in [5.74, 6) is -0.473. The molecule has 0 aliphatic rings. The van der Waals surface area contributed by atoms with Crippen LogP contribution in [0.1, 0.15) is 22.5 Å². The molecule has 20 heavy (non-hydrogen) atoms. The fourth-order valence-corrected chi connectivity index (χ4v) is 2.03. The number of aromatic nitrogens is 2. The van der Waals surface area contributed by atoms with E-state index in [-0.39, 0.29) is 23.5 Å². The molecule has 0 bridgehead atoms. The minimum Gasteiger partial charge on any atom is -0.258 e. The van der Waals surface area contributed by atoms with Gasteiger partial charge in [-0.1, -0.05) is 0 Å². The molecule has 1 aromatic heterocycles. The van der Waals surface area contributed by atoms with Gasteiger partial charge in [-0.25, -0.2) is 4.39 Å². The largest absolute Gasteiger partial charge is 0.312 e. The highest BCUT2D eigenvalue weighted by Crippen LogP contribution is 2.23. The lowest BCUT2D eigenvalue weighted by molar-refractivity contribution is -0.386. The maximum absolute atomic E-state index is 13.7. The Hall–Kier alpha value is -2.75. The first kappa shape index (κ1) is 13.7. The van der Waals surface area contributed by atoms with Gasteiger partial charge in [-0.2, -0.15) is 10.4 Å². The Labute approximate surface area is 114 Å². The Bertz CT molecular complexity index is 731. The molecule has 7 heteroatoms. The summed E-state index contributed by atoms with van der Waals surface area (Å²) in [6.45, 7) is 3.13. The topological polar surface area (TPSA) is 84.8 Å². The van der Waals surface area contributed by atoms with E-state index in [1.54, 1.807) is 6.92 Å². The second-order valence-corrected chi connectivity index (χ2v) is 4.35. The molecule has 102 valence electrons. The quantitative estimate of drug-likeness (QED) is 0.635. The first-order valence-corrected chi connectivity index (χ1v) is 5.81. The van der Waals surface area contributed by atoms with Gasteiger partial charge in [0.15, 0.2) is 0 Å². The Morgan fingerprint density at radius 3 is 2.75 bits per heavy atom. The van der Waals surface area contributed by atoms with Crippen LogP contribution < -0.4 is 0 Å². The number of benzene rings is 1. The number of rotatable bonds is 3. The van der Waals surface area contributed by atoms with E-state index >= 15 is 0 Å². The van der Waals surface area contributed by atoms with E-state index in [2.05, 4.69) is 5.10 Å². The van der Waals surface area contributed by atoms with Gasteiger partial charge >= 0.3 is 5.69 Å². The van der Waals surface area contributed by atoms with Crippen molar-refractivity contribution in [3.63, 3.8) is 0 Å². The molecule has 0 saturated carbocycles. The number of hydrogen-bond acceptors (Lipinski definition) is 4. The van der Waals surface area contributed by atoms with Gasteiger partial charge in [0.25, 0.3) is 0 Å². The molecule has 0 fully saturated rings. The van der Waals surface area contributed by atoms with Gasteiger partial charge in [0.05, 0.1) is 23.1 Å². The smallest absolute Gasteiger partial charge is 0.258 e. The molecule has 0 radical (unpaired) electrons. The molecule has 0 saturated heterocycles. The number of nitriles is 1. The molecule has 1 heterocycles. The standard InChI is InChI=1S/C13H11FN4O2/c1-8-13(18(19)20)9(2)17(16-8)7-11-5-10(6-15)3-4-12(11)14/h3-5H,7H2,1-2H3. The average molecular weight is 274 g/mol. The number of nitro groups is 1. The van der Waals surface area contributed by atoms with Crippen LogP contribution in [0.25, 0.3) is 0 Å². The van der Waals surface area contributed by atoms with Crippen LogP contribution in [0.15, 0.2) is 18.2 Å². The number of hydrogen-bond donors (Lipinski definition) is 0. The van der Waals surface area contributed by atoms with E-state index < -0.39 is 10.7 Å². The second kappa shape index (κ2) is 5.09. The second-order valence-electron chi connectivity index (χ2n) is 4.35. The summed E-state index contributed by atoms with van der Waals surface area (Å²) in [6, 6.07) is 5.92. The predicted octanol–water partition coefficient (Wildman–Crippen LogP) is 2.47. The third-order valence-electron chi connectivity index (χ3n) is 3.02. The van der Waals surface area contributed by atoms with E-state index in [1.165, 1.54) is 29.8 Å². The van der Waals surface area contributed by atoms with E-state index in [4.69, 9.17) is 5.26 Å². The maximum atomic E-state index is 13.7. The fourth-order valence-electron chi connectivity index (χ4n) is 2.03. The van der Waals surface area contributed by atoms with Crippen LogP contribution in [-0.2, 0) is 6.54 Å². The van der Waals surface area contributed by atoms with Crippen molar-refractivity contribution in [2.75, 3.05) is 0 Å². The van der Waals surface area contributed by atoms with Crippen molar-refractivity contribution in [2.45, 2.75) is 20.4 Å². The summed E-state index contributed by atoms with van der Waals surface area (Å²) < 4.78 is 15.1. The van der Waals surface area contributed by atoms with Crippen LogP contribution in [0.4, 0.5) is 10.1 Å². The fraction of sp³-hybridized carbons (Fsp3) is 0.231. The van der Waals surface area contributed by atoms with Crippen molar-refractivity contribution in [1.29, 1.82) is 5.26 Å². The molecule has 2 rings (SSSR count). The Morgan fingerprint density at radius 1 is 1.50 bits per heavy atom. The van der Waals surface area contributed by atoms with Gasteiger partial charge in [-0.3, -0.25) is 14.8 Å². The summed E-state index contributed by atoms with van der Waals surface area (Å²) in [7, 11) is 0. The van der Waals surface area contributed by atoms with Crippen molar-refractivity contribution in [3.8, 4) is 6.07 Å². The summed E-state index contributed by atoms with van der Waals surface area (Å²) in [4.78, 5) is 10.4. The molecule has 0 N–H and O–H groups in total. The van der Waals surface area contributed by atoms with Gasteiger partial charge in [-0.05, 0) is 32.0 Å². The molecular formula is C13H11FN4O2. The zero-order valence-corrected chi connectivity index (χ0v) is 10.9. The van der Waals surface area contributed by atoms with Gasteiger partial charge in [0.1, 0.15) is 17.2 Å². The van der Waals surface area contributed by atoms with Crippen molar-refractivity contribution < 1.29 is 9.31 Å². The molecule has 0 atom stereocenters. The van der Waals surface area contributed by atoms with Crippen LogP contribution in [0.2, 0.25) is 0 Å². The van der Waals surface area contributed by atoms with Gasteiger partial charge in [-0.15, -0.1) is 0 Å². The maximum Gasteiger partial charge on any atom is 0.312 e. The minimum absolute atomic E-state index is 0.0435. The number of nitrogens with zero attached hydrogens (tertiary/aromatic N) is 4. The predicted molar refractivity (Wildman–Crippen MR) is 68.6 cm³/mol. The summed E-state index contributed by atoms with van der Waals surface area (Å²) in [5, 5.41) is 23.8. The average Bonchev–Trinajstić information content (AvgIpc) is 2.67. The van der Waals surface area contributed by atoms with Crippen LogP contribution in [-0.4, -0.2) is 14.7 Å². The first-order chi connectivity index (χ1) is 9.43. The van der Waals surface area contributed by atoms with Crippen molar-refractivity contribution in [2.24, 2.45) is 0 Å². The zero-order chi connectivity index (χ0) is 14.9. The molecule has 0 aliphatic carbocycles. The summed E-state index contributed by atoms with van der Waals surface area (Å²) in [6.07, 6.45) is 0. The molecule has 1 aromatic carbocycles. The summed E-state index contributed by atoms with van der Waals surface area (Å²) >= 11 is 0. The molecule has 6 nitrogen and oxygen atoms in total. The summed E-state index contributed by atoms with van der Waals surface area (Å²) in [5.41, 5.74) is 1.17. The van der Waals surface area contributed by atoms with Crippen LogP contribution in [0, 0.1) is 41.1 Å². The van der Waals surface area contributed by atoms with Crippen molar-refractivity contribution >= 4 is 5.69 Å². The third kappa shape index (κ3) is 2.36. The molecule has 0 amide bonds. The third-order valence-corrected chi connectivity index (χ3v) is 3.02. The highest BCUT2D eigenvalue weighted by molar-refractivity contribution is 5.40. The highest BCUT2D eigenvalue weighted by Gasteiger charge is 2.22. The van der Waals surface area contributed by atoms with Crippen LogP contribution in [0.3, 0.4) is 0 Å². The number of aryl methyl sites for hydroxylation is 1. The molecule has 0 aliphatic heterocycles. The molecule has 2 aromatic rings. The van der Waals surface area contributed by atoms with Gasteiger partial charge in [0.2, 0.25) is 0 Å². The Kier molecular flexibility index (Phi) is 3.48.